The summed E-state index contributed by atoms with van der Waals surface area (Å²) in [5.74, 6) is -2.36. The number of hydrogen-bond donors (Lipinski definition) is 3. The number of aromatic nitrogens is 5. The van der Waals surface area contributed by atoms with Crippen LogP contribution in [-0.4, -0.2) is 85.8 Å². The number of carbonyl (C=O) groups excluding carboxylic acids is 1. The fourth-order valence-corrected chi connectivity index (χ4v) is 1.39. The van der Waals surface area contributed by atoms with Crippen LogP contribution in [-0.2, 0) is 0 Å². The van der Waals surface area contributed by atoms with Crippen molar-refractivity contribution < 1.29 is 29.4 Å². The molecule has 0 fully saturated rings. The van der Waals surface area contributed by atoms with E-state index in [4.69, 9.17) is 10.2 Å². The molecule has 0 atom stereocenters. The molecular weight excluding hydrogens is 392 g/mol. The van der Waals surface area contributed by atoms with Gasteiger partial charge in [-0.1, -0.05) is 0 Å². The van der Waals surface area contributed by atoms with Gasteiger partial charge < -0.3 is 29.6 Å². The van der Waals surface area contributed by atoms with Crippen LogP contribution in [0.2, 0.25) is 0 Å². The van der Waals surface area contributed by atoms with E-state index in [1.807, 2.05) is 24.5 Å². The van der Waals surface area contributed by atoms with Crippen LogP contribution < -0.4 is 5.11 Å². The van der Waals surface area contributed by atoms with Crippen LogP contribution in [0.25, 0.3) is 0 Å². The molecule has 11 heteroatoms. The maximum Gasteiger partial charge on any atom is 0.356 e. The molecule has 30 heavy (non-hydrogen) atoms. The minimum Gasteiger partial charge on any atom is -0.543 e. The van der Waals surface area contributed by atoms with E-state index < -0.39 is 11.9 Å². The van der Waals surface area contributed by atoms with Crippen LogP contribution in [0, 0.1) is 0 Å². The zero-order valence-corrected chi connectivity index (χ0v) is 17.0. The summed E-state index contributed by atoms with van der Waals surface area (Å²) in [7, 11) is 6.16. The van der Waals surface area contributed by atoms with Crippen molar-refractivity contribution in [2.75, 3.05) is 34.3 Å². The first kappa shape index (κ1) is 26.3. The van der Waals surface area contributed by atoms with Gasteiger partial charge in [-0.2, -0.15) is 0 Å². The minimum absolute atomic E-state index is 0.0301. The average Bonchev–Trinajstić information content (AvgIpc) is 3.29. The highest BCUT2D eigenvalue weighted by Crippen LogP contribution is 1.87. The molecule has 0 unspecified atom stereocenters. The highest BCUT2D eigenvalue weighted by molar-refractivity contribution is 5.84. The molecule has 11 nitrogen and oxygen atoms in total. The summed E-state index contributed by atoms with van der Waals surface area (Å²) < 4.78 is 0.844. The third kappa shape index (κ3) is 15.4. The van der Waals surface area contributed by atoms with Crippen LogP contribution in [0.1, 0.15) is 21.0 Å². The number of aromatic carboxylic acids is 2. The number of carboxylic acid groups (broad SMARTS) is 2. The monoisotopic (exact) mass is 418 g/mol. The summed E-state index contributed by atoms with van der Waals surface area (Å²) in [5, 5.41) is 26.7. The van der Waals surface area contributed by atoms with Gasteiger partial charge in [-0.15, -0.1) is 0 Å². The molecular formula is C19H26N6O5. The molecule has 0 aromatic carbocycles. The van der Waals surface area contributed by atoms with E-state index in [0.29, 0.717) is 0 Å². The number of rotatable bonds is 4. The molecule has 0 aliphatic heterocycles. The quantitative estimate of drug-likeness (QED) is 0.483. The first-order valence-corrected chi connectivity index (χ1v) is 8.63. The second-order valence-electron chi connectivity index (χ2n) is 6.40. The summed E-state index contributed by atoms with van der Waals surface area (Å²) in [4.78, 5) is 37.0. The third-order valence-corrected chi connectivity index (χ3v) is 2.82. The second-order valence-corrected chi connectivity index (χ2v) is 6.40. The van der Waals surface area contributed by atoms with Gasteiger partial charge in [-0.3, -0.25) is 15.0 Å². The minimum atomic E-state index is -1.30. The third-order valence-electron chi connectivity index (χ3n) is 2.82. The number of likely N-dealkylation sites (N-methyl/N-ethyl adjacent to an activating group) is 1. The number of nitrogens with one attached hydrogen (secondary N) is 1. The van der Waals surface area contributed by atoms with Gasteiger partial charge in [0.15, 0.2) is 5.69 Å². The van der Waals surface area contributed by atoms with Gasteiger partial charge in [-0.05, 0) is 12.1 Å². The smallest absolute Gasteiger partial charge is 0.356 e. The molecule has 0 saturated carbocycles. The lowest BCUT2D eigenvalue weighted by Crippen LogP contribution is -2.36. The Balaban J connectivity index is 0.000000382. The average molecular weight is 418 g/mol. The molecule has 0 saturated heterocycles. The molecule has 0 amide bonds. The maximum absolute atomic E-state index is 10.1. The highest BCUT2D eigenvalue weighted by atomic mass is 16.4. The van der Waals surface area contributed by atoms with Crippen molar-refractivity contribution in [1.82, 2.24) is 24.9 Å². The van der Waals surface area contributed by atoms with Crippen LogP contribution in [0.3, 0.4) is 0 Å². The number of carbonyl (C=O) groups is 2. The highest BCUT2D eigenvalue weighted by Gasteiger charge is 2.02. The predicted molar refractivity (Wildman–Crippen MR) is 106 cm³/mol. The number of quaternary nitrogens is 1. The predicted octanol–water partition coefficient (Wildman–Crippen LogP) is -0.285. The van der Waals surface area contributed by atoms with Crippen LogP contribution in [0.5, 0.6) is 0 Å². The maximum atomic E-state index is 10.1. The zero-order valence-electron chi connectivity index (χ0n) is 17.0. The largest absolute Gasteiger partial charge is 0.543 e. The van der Waals surface area contributed by atoms with Crippen molar-refractivity contribution >= 4 is 11.9 Å². The van der Waals surface area contributed by atoms with Gasteiger partial charge in [0.25, 0.3) is 0 Å². The summed E-state index contributed by atoms with van der Waals surface area (Å²) in [6, 6.07) is 3.89. The second kappa shape index (κ2) is 15.2. The molecule has 3 aromatic heterocycles. The molecule has 0 bridgehead atoms. The van der Waals surface area contributed by atoms with E-state index in [1.165, 1.54) is 31.0 Å². The Bertz CT molecular complexity index is 742. The van der Waals surface area contributed by atoms with Gasteiger partial charge in [0, 0.05) is 37.2 Å². The van der Waals surface area contributed by atoms with Gasteiger partial charge >= 0.3 is 5.97 Å². The lowest BCUT2D eigenvalue weighted by atomic mass is 10.5. The molecule has 0 radical (unpaired) electrons. The normalized spacial score (nSPS) is 9.47. The van der Waals surface area contributed by atoms with Gasteiger partial charge in [0.05, 0.1) is 46.1 Å². The van der Waals surface area contributed by atoms with E-state index >= 15 is 0 Å². The molecule has 3 rings (SSSR count). The van der Waals surface area contributed by atoms with Gasteiger partial charge in [0.1, 0.15) is 12.2 Å². The van der Waals surface area contributed by atoms with E-state index in [-0.39, 0.29) is 18.0 Å². The SMILES string of the molecule is C[N+](C)(C)CCO.O=C(O)c1cnccn1.O=C([O-])c1cnccn1.c1cc[nH]c1. The van der Waals surface area contributed by atoms with Crippen LogP contribution >= 0.6 is 0 Å². The Labute approximate surface area is 174 Å². The summed E-state index contributed by atoms with van der Waals surface area (Å²) in [6.45, 7) is 1.11. The topological polar surface area (TPSA) is 165 Å². The number of aromatic amines is 1. The number of aliphatic hydroxyl groups excluding tert-OH is 1. The van der Waals surface area contributed by atoms with E-state index in [9.17, 15) is 14.7 Å². The van der Waals surface area contributed by atoms with Gasteiger partial charge in [-0.25, -0.2) is 9.78 Å². The Morgan fingerprint density at radius 3 is 1.63 bits per heavy atom. The number of carboxylic acids is 2. The molecule has 3 aromatic rings. The Kier molecular flexibility index (Phi) is 13.4. The first-order chi connectivity index (χ1) is 14.2. The molecule has 3 N–H and O–H groups in total. The molecule has 162 valence electrons. The number of H-pyrrole nitrogens is 1. The Morgan fingerprint density at radius 2 is 1.47 bits per heavy atom. The van der Waals surface area contributed by atoms with Crippen molar-refractivity contribution in [2.45, 2.75) is 0 Å². The van der Waals surface area contributed by atoms with E-state index in [2.05, 4.69) is 46.1 Å². The zero-order chi connectivity index (χ0) is 22.8. The lowest BCUT2D eigenvalue weighted by molar-refractivity contribution is -0.870. The summed E-state index contributed by atoms with van der Waals surface area (Å²) in [6.07, 6.45) is 11.5. The van der Waals surface area contributed by atoms with Crippen LogP contribution in [0.15, 0.2) is 61.7 Å². The Morgan fingerprint density at radius 1 is 0.967 bits per heavy atom. The standard InChI is InChI=1S/2C5H4N2O2.C5H14NO.C4H5N/c2*8-5(9)4-3-6-1-2-7-4;1-6(2,3)4-5-7;1-2-4-5-3-1/h2*1-3H,(H,8,9);7H,4-5H2,1-3H3;1-5H/q;;+1;/p-1. The van der Waals surface area contributed by atoms with Crippen molar-refractivity contribution in [1.29, 1.82) is 0 Å². The number of nitrogens with zero attached hydrogens (tertiary/aromatic N) is 5. The van der Waals surface area contributed by atoms with Crippen molar-refractivity contribution in [3.63, 3.8) is 0 Å². The van der Waals surface area contributed by atoms with Crippen LogP contribution in [0.4, 0.5) is 0 Å². The molecule has 3 heterocycles. The first-order valence-electron chi connectivity index (χ1n) is 8.63. The van der Waals surface area contributed by atoms with E-state index in [1.54, 1.807) is 0 Å². The summed E-state index contributed by atoms with van der Waals surface area (Å²) in [5.41, 5.74) is -0.171. The molecule has 0 aliphatic rings. The lowest BCUT2D eigenvalue weighted by Gasteiger charge is -2.21. The fourth-order valence-electron chi connectivity index (χ4n) is 1.39. The fraction of sp³-hybridized carbons (Fsp3) is 0.263. The van der Waals surface area contributed by atoms with E-state index in [0.717, 1.165) is 17.2 Å². The van der Waals surface area contributed by atoms with Crippen molar-refractivity contribution in [3.8, 4) is 0 Å². The Hall–Kier alpha value is -3.70. The van der Waals surface area contributed by atoms with Gasteiger partial charge in [0.2, 0.25) is 0 Å². The number of hydrogen-bond acceptors (Lipinski definition) is 8. The molecule has 0 aliphatic carbocycles. The summed E-state index contributed by atoms with van der Waals surface area (Å²) >= 11 is 0. The molecule has 0 spiro atoms. The van der Waals surface area contributed by atoms with Crippen molar-refractivity contribution in [2.24, 2.45) is 0 Å². The van der Waals surface area contributed by atoms with Crippen molar-refractivity contribution in [3.05, 3.63) is 73.1 Å². The number of aliphatic hydroxyl groups is 1.